The highest BCUT2D eigenvalue weighted by Crippen LogP contribution is 2.30. The van der Waals surface area contributed by atoms with Crippen LogP contribution in [0.1, 0.15) is 31.2 Å². The number of carbonyl (C=O) groups excluding carboxylic acids is 1. The molecule has 0 spiro atoms. The lowest BCUT2D eigenvalue weighted by Crippen LogP contribution is -2.49. The maximum absolute atomic E-state index is 12.7. The third-order valence-electron chi connectivity index (χ3n) is 5.90. The van der Waals surface area contributed by atoms with Crippen LogP contribution in [0.15, 0.2) is 42.5 Å². The quantitative estimate of drug-likeness (QED) is 0.603. The Morgan fingerprint density at radius 3 is 2.58 bits per heavy atom. The summed E-state index contributed by atoms with van der Waals surface area (Å²) in [5, 5.41) is 4.61. The largest absolute Gasteiger partial charge is 0.494 e. The fourth-order valence-electron chi connectivity index (χ4n) is 4.15. The number of carbonyl (C=O) groups is 1. The van der Waals surface area contributed by atoms with Crippen molar-refractivity contribution in [2.45, 2.75) is 44.2 Å². The van der Waals surface area contributed by atoms with Crippen LogP contribution in [0.5, 0.6) is 11.5 Å². The number of halogens is 2. The zero-order valence-corrected chi connectivity index (χ0v) is 19.0. The van der Waals surface area contributed by atoms with Gasteiger partial charge in [-0.25, -0.2) is 0 Å². The molecule has 1 N–H and O–H groups in total. The molecule has 1 fully saturated rings. The number of ether oxygens (including phenoxy) is 2. The maximum atomic E-state index is 12.7. The minimum Gasteiger partial charge on any atom is -0.494 e. The number of hydrogen-bond acceptors (Lipinski definition) is 4. The Morgan fingerprint density at radius 1 is 1.06 bits per heavy atom. The van der Waals surface area contributed by atoms with Crippen LogP contribution in [0, 0.1) is 0 Å². The molecule has 1 saturated heterocycles. The Labute approximate surface area is 193 Å². The molecule has 0 radical (unpaired) electrons. The van der Waals surface area contributed by atoms with Crippen molar-refractivity contribution in [1.82, 2.24) is 10.2 Å². The molecule has 0 aliphatic carbocycles. The predicted molar refractivity (Wildman–Crippen MR) is 123 cm³/mol. The van der Waals surface area contributed by atoms with Crippen molar-refractivity contribution in [2.24, 2.45) is 0 Å². The molecule has 2 aromatic carbocycles. The molecule has 1 atom stereocenters. The average Bonchev–Trinajstić information content (AvgIpc) is 2.78. The summed E-state index contributed by atoms with van der Waals surface area (Å²) in [5.41, 5.74) is 1.07. The van der Waals surface area contributed by atoms with Gasteiger partial charge in [0.05, 0.1) is 6.61 Å². The van der Waals surface area contributed by atoms with E-state index in [4.69, 9.17) is 32.7 Å². The van der Waals surface area contributed by atoms with E-state index in [-0.39, 0.29) is 11.9 Å². The van der Waals surface area contributed by atoms with E-state index in [0.717, 1.165) is 62.4 Å². The minimum atomic E-state index is -0.420. The number of piperidine rings is 1. The smallest absolute Gasteiger partial charge is 0.261 e. The van der Waals surface area contributed by atoms with Crippen molar-refractivity contribution in [3.8, 4) is 11.5 Å². The van der Waals surface area contributed by atoms with Gasteiger partial charge in [-0.3, -0.25) is 4.79 Å². The summed E-state index contributed by atoms with van der Waals surface area (Å²) in [6.07, 6.45) is 3.97. The van der Waals surface area contributed by atoms with Crippen molar-refractivity contribution in [1.29, 1.82) is 0 Å². The summed E-state index contributed by atoms with van der Waals surface area (Å²) in [6, 6.07) is 13.2. The monoisotopic (exact) mass is 462 g/mol. The molecule has 2 aliphatic rings. The predicted octanol–water partition coefficient (Wildman–Crippen LogP) is 4.74. The van der Waals surface area contributed by atoms with Gasteiger partial charge in [0.1, 0.15) is 11.5 Å². The molecule has 5 nitrogen and oxygen atoms in total. The lowest BCUT2D eigenvalue weighted by atomic mass is 10.0. The summed E-state index contributed by atoms with van der Waals surface area (Å²) in [4.78, 5) is 15.1. The van der Waals surface area contributed by atoms with E-state index in [1.807, 2.05) is 36.4 Å². The van der Waals surface area contributed by atoms with Gasteiger partial charge in [-0.15, -0.1) is 0 Å². The van der Waals surface area contributed by atoms with Gasteiger partial charge in [0.2, 0.25) is 0 Å². The van der Waals surface area contributed by atoms with Crippen LogP contribution < -0.4 is 14.8 Å². The second-order valence-corrected chi connectivity index (χ2v) is 9.05. The van der Waals surface area contributed by atoms with Gasteiger partial charge in [0, 0.05) is 35.7 Å². The zero-order chi connectivity index (χ0) is 21.6. The Hall–Kier alpha value is -1.95. The molecule has 4 rings (SSSR count). The molecule has 2 aromatic rings. The molecular formula is C24H28Cl2N2O3. The molecule has 0 saturated carbocycles. The van der Waals surface area contributed by atoms with E-state index < -0.39 is 6.10 Å². The van der Waals surface area contributed by atoms with Gasteiger partial charge in [0.25, 0.3) is 5.91 Å². The molecular weight excluding hydrogens is 435 g/mol. The van der Waals surface area contributed by atoms with Gasteiger partial charge in [-0.1, -0.05) is 23.2 Å². The summed E-state index contributed by atoms with van der Waals surface area (Å²) in [6.45, 7) is 3.65. The molecule has 1 unspecified atom stereocenters. The molecule has 2 heterocycles. The van der Waals surface area contributed by atoms with Gasteiger partial charge >= 0.3 is 0 Å². The lowest BCUT2D eigenvalue weighted by molar-refractivity contribution is -0.129. The third-order valence-corrected chi connectivity index (χ3v) is 6.38. The molecule has 1 amide bonds. The van der Waals surface area contributed by atoms with Crippen molar-refractivity contribution in [3.05, 3.63) is 58.1 Å². The zero-order valence-electron chi connectivity index (χ0n) is 17.5. The number of rotatable bonds is 7. The van der Waals surface area contributed by atoms with Crippen molar-refractivity contribution >= 4 is 29.1 Å². The Bertz CT molecular complexity index is 883. The number of nitrogens with one attached hydrogen (secondary N) is 1. The van der Waals surface area contributed by atoms with Gasteiger partial charge < -0.3 is 19.7 Å². The highest BCUT2D eigenvalue weighted by molar-refractivity contribution is 6.30. The Balaban J connectivity index is 1.13. The average molecular weight is 463 g/mol. The third kappa shape index (κ3) is 6.28. The summed E-state index contributed by atoms with van der Waals surface area (Å²) in [5.74, 6) is 1.61. The van der Waals surface area contributed by atoms with Crippen LogP contribution >= 0.6 is 23.2 Å². The van der Waals surface area contributed by atoms with E-state index >= 15 is 0 Å². The summed E-state index contributed by atoms with van der Waals surface area (Å²) >= 11 is 11.9. The second kappa shape index (κ2) is 10.6. The Kier molecular flexibility index (Phi) is 7.59. The van der Waals surface area contributed by atoms with Crippen molar-refractivity contribution in [3.63, 3.8) is 0 Å². The van der Waals surface area contributed by atoms with E-state index in [1.165, 1.54) is 0 Å². The molecule has 166 valence electrons. The number of nitrogens with zero attached hydrogens (tertiary/aromatic N) is 1. The number of likely N-dealkylation sites (tertiary alicyclic amines) is 1. The van der Waals surface area contributed by atoms with Gasteiger partial charge in [-0.05, 0) is 80.1 Å². The number of benzene rings is 2. The maximum Gasteiger partial charge on any atom is 0.261 e. The van der Waals surface area contributed by atoms with Crippen LogP contribution in [0.25, 0.3) is 0 Å². The van der Waals surface area contributed by atoms with Crippen LogP contribution in [0.2, 0.25) is 10.0 Å². The first-order valence-electron chi connectivity index (χ1n) is 10.9. The number of fused-ring (bicyclic) bond motifs is 1. The van der Waals surface area contributed by atoms with Crippen molar-refractivity contribution < 1.29 is 14.3 Å². The molecule has 0 aromatic heterocycles. The fourth-order valence-corrected chi connectivity index (χ4v) is 4.47. The minimum absolute atomic E-state index is 0.00425. The lowest BCUT2D eigenvalue weighted by Gasteiger charge is -2.33. The number of amides is 1. The first kappa shape index (κ1) is 22.3. The van der Waals surface area contributed by atoms with Crippen LogP contribution in [-0.4, -0.2) is 49.2 Å². The van der Waals surface area contributed by atoms with Gasteiger partial charge in [0.15, 0.2) is 6.10 Å². The summed E-state index contributed by atoms with van der Waals surface area (Å²) < 4.78 is 11.7. The van der Waals surface area contributed by atoms with Gasteiger partial charge in [-0.2, -0.15) is 0 Å². The second-order valence-electron chi connectivity index (χ2n) is 8.18. The first-order chi connectivity index (χ1) is 15.1. The van der Waals surface area contributed by atoms with Crippen molar-refractivity contribution in [2.75, 3.05) is 26.2 Å². The molecule has 7 heteroatoms. The summed E-state index contributed by atoms with van der Waals surface area (Å²) in [7, 11) is 0. The molecule has 31 heavy (non-hydrogen) atoms. The van der Waals surface area contributed by atoms with Crippen LogP contribution in [-0.2, 0) is 11.2 Å². The molecule has 2 aliphatic heterocycles. The normalized spacial score (nSPS) is 19.4. The standard InChI is InChI=1S/C24H28Cl2N2O3/c25-18-3-6-21(7-4-18)30-15-1-12-28-13-10-20(11-14-28)27-24(29)23-8-2-17-16-19(26)5-9-22(17)31-23/h3-7,9,16,20,23H,1-2,8,10-15H2,(H,27,29). The van der Waals surface area contributed by atoms with E-state index in [0.29, 0.717) is 23.1 Å². The highest BCUT2D eigenvalue weighted by Gasteiger charge is 2.29. The fraction of sp³-hybridized carbons (Fsp3) is 0.458. The molecule has 0 bridgehead atoms. The topological polar surface area (TPSA) is 50.8 Å². The van der Waals surface area contributed by atoms with E-state index in [9.17, 15) is 4.79 Å². The van der Waals surface area contributed by atoms with Crippen LogP contribution in [0.3, 0.4) is 0 Å². The number of aryl methyl sites for hydroxylation is 1. The SMILES string of the molecule is O=C(NC1CCN(CCCOc2ccc(Cl)cc2)CC1)C1CCc2cc(Cl)ccc2O1. The van der Waals surface area contributed by atoms with E-state index in [1.54, 1.807) is 6.07 Å². The first-order valence-corrected chi connectivity index (χ1v) is 11.7. The number of hydrogen-bond donors (Lipinski definition) is 1. The highest BCUT2D eigenvalue weighted by atomic mass is 35.5. The van der Waals surface area contributed by atoms with Crippen LogP contribution in [0.4, 0.5) is 0 Å². The van der Waals surface area contributed by atoms with E-state index in [2.05, 4.69) is 10.2 Å². The Morgan fingerprint density at radius 2 is 1.81 bits per heavy atom.